The van der Waals surface area contributed by atoms with Crippen molar-refractivity contribution in [1.82, 2.24) is 10.2 Å². The summed E-state index contributed by atoms with van der Waals surface area (Å²) in [5, 5.41) is 6.76. The third-order valence-corrected chi connectivity index (χ3v) is 4.99. The minimum atomic E-state index is -0.607. The number of rotatable bonds is 5. The number of halogens is 1. The van der Waals surface area contributed by atoms with Crippen molar-refractivity contribution >= 4 is 39.0 Å². The Bertz CT molecular complexity index is 883. The number of hydrogen-bond acceptors (Lipinski definition) is 5. The van der Waals surface area contributed by atoms with Gasteiger partial charge in [-0.1, -0.05) is 29.8 Å². The van der Waals surface area contributed by atoms with Crippen LogP contribution in [0, 0.1) is 6.92 Å². The Morgan fingerprint density at radius 2 is 1.96 bits per heavy atom. The van der Waals surface area contributed by atoms with Gasteiger partial charge in [-0.05, 0) is 41.1 Å². The van der Waals surface area contributed by atoms with Gasteiger partial charge in [-0.15, -0.1) is 11.3 Å². The van der Waals surface area contributed by atoms with Gasteiger partial charge in [0.05, 0.1) is 14.4 Å². The van der Waals surface area contributed by atoms with Gasteiger partial charge in [0.1, 0.15) is 5.69 Å². The maximum Gasteiger partial charge on any atom is 0.356 e. The molecule has 0 saturated heterocycles. The van der Waals surface area contributed by atoms with Crippen LogP contribution in [-0.4, -0.2) is 28.6 Å². The van der Waals surface area contributed by atoms with Gasteiger partial charge in [-0.25, -0.2) is 4.79 Å². The highest BCUT2D eigenvalue weighted by molar-refractivity contribution is 9.11. The molecule has 0 aliphatic heterocycles. The van der Waals surface area contributed by atoms with E-state index in [0.29, 0.717) is 10.6 Å². The number of nitrogens with one attached hydrogen (secondary N) is 1. The summed E-state index contributed by atoms with van der Waals surface area (Å²) in [5.74, 6) is -0.845. The van der Waals surface area contributed by atoms with Gasteiger partial charge in [-0.3, -0.25) is 9.89 Å². The van der Waals surface area contributed by atoms with Gasteiger partial charge in [0.2, 0.25) is 5.78 Å². The average Bonchev–Trinajstić information content (AvgIpc) is 3.22. The van der Waals surface area contributed by atoms with Crippen LogP contribution in [0.25, 0.3) is 11.3 Å². The van der Waals surface area contributed by atoms with E-state index < -0.39 is 5.97 Å². The maximum absolute atomic E-state index is 12.0. The van der Waals surface area contributed by atoms with Gasteiger partial charge in [0.25, 0.3) is 0 Å². The van der Waals surface area contributed by atoms with E-state index in [0.717, 1.165) is 14.9 Å². The maximum atomic E-state index is 12.0. The molecule has 0 aliphatic carbocycles. The second kappa shape index (κ2) is 7.11. The highest BCUT2D eigenvalue weighted by Crippen LogP contribution is 2.22. The van der Waals surface area contributed by atoms with Crippen molar-refractivity contribution in [2.75, 3.05) is 6.61 Å². The number of carbonyl (C=O) groups excluding carboxylic acids is 2. The Morgan fingerprint density at radius 1 is 1.21 bits per heavy atom. The van der Waals surface area contributed by atoms with Gasteiger partial charge in [-0.2, -0.15) is 5.10 Å². The third-order valence-electron chi connectivity index (χ3n) is 3.33. The van der Waals surface area contributed by atoms with Gasteiger partial charge in [0, 0.05) is 5.56 Å². The number of aromatic nitrogens is 2. The first kappa shape index (κ1) is 16.6. The largest absolute Gasteiger partial charge is 0.453 e. The van der Waals surface area contributed by atoms with Crippen molar-refractivity contribution in [2.24, 2.45) is 0 Å². The zero-order valence-electron chi connectivity index (χ0n) is 12.7. The predicted octanol–water partition coefficient (Wildman–Crippen LogP) is 4.25. The molecule has 0 amide bonds. The number of thiophene rings is 1. The number of hydrogen-bond donors (Lipinski definition) is 1. The number of benzene rings is 1. The van der Waals surface area contributed by atoms with Crippen molar-refractivity contribution < 1.29 is 14.3 Å². The summed E-state index contributed by atoms with van der Waals surface area (Å²) < 4.78 is 5.91. The number of H-pyrrole nitrogens is 1. The van der Waals surface area contributed by atoms with Crippen molar-refractivity contribution in [1.29, 1.82) is 0 Å². The smallest absolute Gasteiger partial charge is 0.356 e. The molecule has 0 fully saturated rings. The molecule has 0 bridgehead atoms. The quantitative estimate of drug-likeness (QED) is 0.509. The lowest BCUT2D eigenvalue weighted by Crippen LogP contribution is -2.13. The molecule has 24 heavy (non-hydrogen) atoms. The van der Waals surface area contributed by atoms with Crippen LogP contribution in [0.1, 0.15) is 25.7 Å². The summed E-state index contributed by atoms with van der Waals surface area (Å²) in [6.45, 7) is 1.70. The highest BCUT2D eigenvalue weighted by Gasteiger charge is 2.16. The molecule has 3 aromatic rings. The number of Topliss-reactive ketones (excluding diaryl/α,β-unsaturated/α-hetero) is 1. The molecular formula is C17H13BrN2O3S. The van der Waals surface area contributed by atoms with Crippen LogP contribution in [0.4, 0.5) is 0 Å². The van der Waals surface area contributed by atoms with Gasteiger partial charge >= 0.3 is 5.97 Å². The van der Waals surface area contributed by atoms with Crippen LogP contribution in [-0.2, 0) is 4.74 Å². The second-order valence-corrected chi connectivity index (χ2v) is 7.60. The number of aryl methyl sites for hydroxylation is 1. The normalized spacial score (nSPS) is 10.6. The van der Waals surface area contributed by atoms with E-state index in [2.05, 4.69) is 26.1 Å². The van der Waals surface area contributed by atoms with E-state index in [1.165, 1.54) is 11.3 Å². The monoisotopic (exact) mass is 404 g/mol. The van der Waals surface area contributed by atoms with E-state index in [1.807, 2.05) is 31.2 Å². The van der Waals surface area contributed by atoms with Crippen LogP contribution in [0.3, 0.4) is 0 Å². The molecule has 0 aliphatic rings. The summed E-state index contributed by atoms with van der Waals surface area (Å²) in [6.07, 6.45) is 0. The lowest BCUT2D eigenvalue weighted by Gasteiger charge is -2.00. The highest BCUT2D eigenvalue weighted by atomic mass is 79.9. The van der Waals surface area contributed by atoms with Crippen LogP contribution >= 0.6 is 27.3 Å². The third kappa shape index (κ3) is 3.80. The fourth-order valence-electron chi connectivity index (χ4n) is 2.04. The number of carbonyl (C=O) groups is 2. The molecule has 0 radical (unpaired) electrons. The van der Waals surface area contributed by atoms with Crippen LogP contribution < -0.4 is 0 Å². The van der Waals surface area contributed by atoms with E-state index in [1.54, 1.807) is 18.2 Å². The SMILES string of the molecule is Cc1ccc(-c2cc(C(=O)OCC(=O)c3ccc(Br)s3)[nH]n2)cc1. The molecule has 5 nitrogen and oxygen atoms in total. The first-order valence-electron chi connectivity index (χ1n) is 7.11. The van der Waals surface area contributed by atoms with E-state index >= 15 is 0 Å². The molecule has 2 heterocycles. The minimum Gasteiger partial charge on any atom is -0.453 e. The number of esters is 1. The first-order chi connectivity index (χ1) is 11.5. The van der Waals surface area contributed by atoms with Crippen molar-refractivity contribution in [2.45, 2.75) is 6.92 Å². The lowest BCUT2D eigenvalue weighted by molar-refractivity contribution is 0.0470. The number of nitrogens with zero attached hydrogens (tertiary/aromatic N) is 1. The Balaban J connectivity index is 1.63. The minimum absolute atomic E-state index is 0.214. The predicted molar refractivity (Wildman–Crippen MR) is 95.4 cm³/mol. The number of ketones is 1. The molecule has 1 N–H and O–H groups in total. The molecule has 1 aromatic carbocycles. The number of aromatic amines is 1. The van der Waals surface area contributed by atoms with Crippen molar-refractivity contribution in [3.63, 3.8) is 0 Å². The average molecular weight is 405 g/mol. The number of ether oxygens (including phenoxy) is 1. The van der Waals surface area contributed by atoms with Crippen molar-refractivity contribution in [3.8, 4) is 11.3 Å². The molecule has 2 aromatic heterocycles. The van der Waals surface area contributed by atoms with Crippen LogP contribution in [0.5, 0.6) is 0 Å². The molecule has 0 spiro atoms. The molecule has 7 heteroatoms. The summed E-state index contributed by atoms with van der Waals surface area (Å²) in [4.78, 5) is 24.5. The second-order valence-electron chi connectivity index (χ2n) is 5.14. The Morgan fingerprint density at radius 3 is 2.62 bits per heavy atom. The van der Waals surface area contributed by atoms with Gasteiger partial charge < -0.3 is 4.74 Å². The molecular weight excluding hydrogens is 392 g/mol. The Hall–Kier alpha value is -2.25. The molecule has 3 rings (SSSR count). The zero-order valence-corrected chi connectivity index (χ0v) is 15.1. The fraction of sp³-hybridized carbons (Fsp3) is 0.118. The van der Waals surface area contributed by atoms with E-state index in [4.69, 9.17) is 4.74 Å². The molecule has 0 atom stereocenters. The summed E-state index contributed by atoms with van der Waals surface area (Å²) >= 11 is 4.59. The summed E-state index contributed by atoms with van der Waals surface area (Å²) in [5.41, 5.74) is 2.91. The van der Waals surface area contributed by atoms with Crippen LogP contribution in [0.2, 0.25) is 0 Å². The lowest BCUT2D eigenvalue weighted by atomic mass is 10.1. The standard InChI is InChI=1S/C17H13BrN2O3S/c1-10-2-4-11(5-3-10)12-8-13(20-19-12)17(22)23-9-14(21)15-6-7-16(18)24-15/h2-8H,9H2,1H3,(H,19,20). The zero-order chi connectivity index (χ0) is 17.1. The Kier molecular flexibility index (Phi) is 4.92. The van der Waals surface area contributed by atoms with E-state index in [9.17, 15) is 9.59 Å². The van der Waals surface area contributed by atoms with Crippen molar-refractivity contribution in [3.05, 3.63) is 62.4 Å². The van der Waals surface area contributed by atoms with Crippen LogP contribution in [0.15, 0.2) is 46.3 Å². The van der Waals surface area contributed by atoms with Gasteiger partial charge in [0.15, 0.2) is 6.61 Å². The summed E-state index contributed by atoms with van der Waals surface area (Å²) in [6, 6.07) is 12.9. The molecule has 0 saturated carbocycles. The molecule has 0 unspecified atom stereocenters. The summed E-state index contributed by atoms with van der Waals surface area (Å²) in [7, 11) is 0. The Labute approximate surface area is 150 Å². The molecule has 122 valence electrons. The fourth-order valence-corrected chi connectivity index (χ4v) is 3.35. The first-order valence-corrected chi connectivity index (χ1v) is 8.72. The topological polar surface area (TPSA) is 72.1 Å². The van der Waals surface area contributed by atoms with E-state index in [-0.39, 0.29) is 18.1 Å².